The summed E-state index contributed by atoms with van der Waals surface area (Å²) in [6.45, 7) is 7.34. The number of nitrogens with zero attached hydrogens (tertiary/aromatic N) is 2. The number of ether oxygens (including phenoxy) is 2. The van der Waals surface area contributed by atoms with Crippen molar-refractivity contribution < 1.29 is 14.3 Å². The molecule has 1 aromatic rings. The van der Waals surface area contributed by atoms with Gasteiger partial charge in [-0.3, -0.25) is 4.90 Å². The molecular weight excluding hydrogens is 332 g/mol. The van der Waals surface area contributed by atoms with Gasteiger partial charge >= 0.3 is 6.03 Å². The van der Waals surface area contributed by atoms with Crippen LogP contribution in [0.5, 0.6) is 5.75 Å². The Hall–Kier alpha value is -1.83. The molecule has 0 saturated carbocycles. The van der Waals surface area contributed by atoms with E-state index in [-0.39, 0.29) is 6.03 Å². The predicted molar refractivity (Wildman–Crippen MR) is 103 cm³/mol. The molecule has 2 amide bonds. The Morgan fingerprint density at radius 3 is 2.62 bits per heavy atom. The van der Waals surface area contributed by atoms with Crippen LogP contribution in [0.25, 0.3) is 0 Å². The lowest BCUT2D eigenvalue weighted by atomic mass is 10.2. The van der Waals surface area contributed by atoms with Crippen LogP contribution in [0.3, 0.4) is 0 Å². The topological polar surface area (TPSA) is 66.1 Å². The smallest absolute Gasteiger partial charge is 0.315 e. The highest BCUT2D eigenvalue weighted by molar-refractivity contribution is 5.73. The van der Waals surface area contributed by atoms with Gasteiger partial charge in [0, 0.05) is 32.7 Å². The molecule has 2 rings (SSSR count). The van der Waals surface area contributed by atoms with Gasteiger partial charge in [0.25, 0.3) is 0 Å². The number of rotatable bonds is 10. The van der Waals surface area contributed by atoms with Crippen LogP contribution >= 0.6 is 0 Å². The molecule has 0 bridgehead atoms. The van der Waals surface area contributed by atoms with Crippen molar-refractivity contribution in [3.05, 3.63) is 29.8 Å². The summed E-state index contributed by atoms with van der Waals surface area (Å²) in [6, 6.07) is 7.70. The molecule has 0 atom stereocenters. The molecule has 0 unspecified atom stereocenters. The minimum absolute atomic E-state index is 0.127. The number of hydrogen-bond donors (Lipinski definition) is 2. The fourth-order valence-electron chi connectivity index (χ4n) is 2.62. The minimum Gasteiger partial charge on any atom is -0.492 e. The first-order valence-electron chi connectivity index (χ1n) is 9.32. The fraction of sp³-hybridized carbons (Fsp3) is 0.632. The van der Waals surface area contributed by atoms with Crippen LogP contribution in [0.15, 0.2) is 24.3 Å². The number of likely N-dealkylation sites (N-methyl/N-ethyl adjacent to an activating group) is 1. The molecule has 1 aromatic carbocycles. The first kappa shape index (κ1) is 20.5. The van der Waals surface area contributed by atoms with Crippen LogP contribution in [0.4, 0.5) is 4.79 Å². The van der Waals surface area contributed by atoms with E-state index in [2.05, 4.69) is 20.4 Å². The molecule has 7 heteroatoms. The highest BCUT2D eigenvalue weighted by atomic mass is 16.5. The summed E-state index contributed by atoms with van der Waals surface area (Å²) in [4.78, 5) is 16.3. The molecule has 1 aliphatic heterocycles. The molecule has 7 nitrogen and oxygen atoms in total. The Labute approximate surface area is 156 Å². The summed E-state index contributed by atoms with van der Waals surface area (Å²) in [7, 11) is 4.04. The third-order valence-electron chi connectivity index (χ3n) is 4.22. The number of carbonyl (C=O) groups excluding carboxylic acids is 1. The molecule has 0 radical (unpaired) electrons. The standard InChI is InChI=1S/C19H32N4O3/c1-22(2)10-15-26-18-6-4-17(5-7-18)16-21-19(24)20-8-3-9-23-11-13-25-14-12-23/h4-7H,3,8-16H2,1-2H3,(H2,20,21,24). The van der Waals surface area contributed by atoms with Crippen molar-refractivity contribution >= 4 is 6.03 Å². The van der Waals surface area contributed by atoms with Crippen LogP contribution in [0.1, 0.15) is 12.0 Å². The largest absolute Gasteiger partial charge is 0.492 e. The average Bonchev–Trinajstić information content (AvgIpc) is 2.65. The lowest BCUT2D eigenvalue weighted by molar-refractivity contribution is 0.0375. The highest BCUT2D eigenvalue weighted by Crippen LogP contribution is 2.12. The van der Waals surface area contributed by atoms with Gasteiger partial charge in [-0.25, -0.2) is 4.79 Å². The summed E-state index contributed by atoms with van der Waals surface area (Å²) >= 11 is 0. The van der Waals surface area contributed by atoms with Gasteiger partial charge in [-0.05, 0) is 44.8 Å². The summed E-state index contributed by atoms with van der Waals surface area (Å²) in [5.74, 6) is 0.850. The zero-order valence-corrected chi connectivity index (χ0v) is 16.0. The van der Waals surface area contributed by atoms with Crippen molar-refractivity contribution in [1.29, 1.82) is 0 Å². The third kappa shape index (κ3) is 8.51. The Balaban J connectivity index is 1.55. The summed E-state index contributed by atoms with van der Waals surface area (Å²) < 4.78 is 11.0. The van der Waals surface area contributed by atoms with Gasteiger partial charge in [0.2, 0.25) is 0 Å². The van der Waals surface area contributed by atoms with E-state index in [1.165, 1.54) is 0 Å². The summed E-state index contributed by atoms with van der Waals surface area (Å²) in [5, 5.41) is 5.79. The van der Waals surface area contributed by atoms with E-state index in [0.29, 0.717) is 19.7 Å². The van der Waals surface area contributed by atoms with Crippen molar-refractivity contribution in [2.45, 2.75) is 13.0 Å². The molecule has 2 N–H and O–H groups in total. The van der Waals surface area contributed by atoms with E-state index in [1.54, 1.807) is 0 Å². The number of carbonyl (C=O) groups is 1. The molecule has 0 spiro atoms. The van der Waals surface area contributed by atoms with E-state index < -0.39 is 0 Å². The highest BCUT2D eigenvalue weighted by Gasteiger charge is 2.09. The van der Waals surface area contributed by atoms with Gasteiger partial charge in [0.05, 0.1) is 13.2 Å². The van der Waals surface area contributed by atoms with Gasteiger partial charge in [0.15, 0.2) is 0 Å². The average molecular weight is 364 g/mol. The predicted octanol–water partition coefficient (Wildman–Crippen LogP) is 1.15. The second kappa shape index (κ2) is 11.7. The molecule has 26 heavy (non-hydrogen) atoms. The van der Waals surface area contributed by atoms with Crippen molar-refractivity contribution in [2.24, 2.45) is 0 Å². The second-order valence-corrected chi connectivity index (χ2v) is 6.71. The van der Waals surface area contributed by atoms with Crippen LogP contribution in [-0.2, 0) is 11.3 Å². The number of amides is 2. The van der Waals surface area contributed by atoms with Crippen LogP contribution in [0.2, 0.25) is 0 Å². The van der Waals surface area contributed by atoms with Gasteiger partial charge in [-0.2, -0.15) is 0 Å². The lowest BCUT2D eigenvalue weighted by Gasteiger charge is -2.26. The summed E-state index contributed by atoms with van der Waals surface area (Å²) in [6.07, 6.45) is 0.951. The Bertz CT molecular complexity index is 516. The van der Waals surface area contributed by atoms with Crippen LogP contribution in [-0.4, -0.2) is 82.5 Å². The minimum atomic E-state index is -0.127. The SMILES string of the molecule is CN(C)CCOc1ccc(CNC(=O)NCCCN2CCOCC2)cc1. The Morgan fingerprint density at radius 1 is 1.19 bits per heavy atom. The maximum Gasteiger partial charge on any atom is 0.315 e. The molecule has 1 aliphatic rings. The number of urea groups is 1. The lowest BCUT2D eigenvalue weighted by Crippen LogP contribution is -2.39. The fourth-order valence-corrected chi connectivity index (χ4v) is 2.62. The molecule has 1 fully saturated rings. The maximum atomic E-state index is 11.9. The normalized spacial score (nSPS) is 15.0. The van der Waals surface area contributed by atoms with E-state index in [1.807, 2.05) is 38.4 Å². The van der Waals surface area contributed by atoms with Crippen molar-refractivity contribution in [3.63, 3.8) is 0 Å². The second-order valence-electron chi connectivity index (χ2n) is 6.71. The first-order valence-corrected chi connectivity index (χ1v) is 9.32. The number of hydrogen-bond acceptors (Lipinski definition) is 5. The zero-order chi connectivity index (χ0) is 18.6. The monoisotopic (exact) mass is 364 g/mol. The first-order chi connectivity index (χ1) is 12.6. The van der Waals surface area contributed by atoms with E-state index >= 15 is 0 Å². The van der Waals surface area contributed by atoms with E-state index in [9.17, 15) is 4.79 Å². The molecule has 1 saturated heterocycles. The van der Waals surface area contributed by atoms with Gasteiger partial charge in [-0.1, -0.05) is 12.1 Å². The molecular formula is C19H32N4O3. The van der Waals surface area contributed by atoms with E-state index in [4.69, 9.17) is 9.47 Å². The van der Waals surface area contributed by atoms with Crippen molar-refractivity contribution in [2.75, 3.05) is 66.6 Å². The van der Waals surface area contributed by atoms with Crippen molar-refractivity contribution in [1.82, 2.24) is 20.4 Å². The quantitative estimate of drug-likeness (QED) is 0.610. The molecule has 0 aromatic heterocycles. The summed E-state index contributed by atoms with van der Waals surface area (Å²) in [5.41, 5.74) is 1.05. The van der Waals surface area contributed by atoms with E-state index in [0.717, 1.165) is 57.1 Å². The number of nitrogens with one attached hydrogen (secondary N) is 2. The van der Waals surface area contributed by atoms with Crippen molar-refractivity contribution in [3.8, 4) is 5.75 Å². The van der Waals surface area contributed by atoms with Gasteiger partial charge < -0.3 is 25.0 Å². The Kier molecular flexibility index (Phi) is 9.23. The number of morpholine rings is 1. The maximum absolute atomic E-state index is 11.9. The molecule has 146 valence electrons. The third-order valence-corrected chi connectivity index (χ3v) is 4.22. The Morgan fingerprint density at radius 2 is 1.92 bits per heavy atom. The van der Waals surface area contributed by atoms with Gasteiger partial charge in [0.1, 0.15) is 12.4 Å². The number of benzene rings is 1. The zero-order valence-electron chi connectivity index (χ0n) is 16.0. The molecule has 0 aliphatic carbocycles. The van der Waals surface area contributed by atoms with Crippen LogP contribution in [0, 0.1) is 0 Å². The van der Waals surface area contributed by atoms with Gasteiger partial charge in [-0.15, -0.1) is 0 Å². The van der Waals surface area contributed by atoms with Crippen LogP contribution < -0.4 is 15.4 Å². The molecule has 1 heterocycles.